The Kier molecular flexibility index (Phi) is 6.90. The molecule has 1 saturated heterocycles. The summed E-state index contributed by atoms with van der Waals surface area (Å²) in [5.41, 5.74) is 2.89. The molecular formula is C22H29N3O3. The molecule has 1 heterocycles. The van der Waals surface area contributed by atoms with Gasteiger partial charge in [0.2, 0.25) is 0 Å². The van der Waals surface area contributed by atoms with E-state index in [4.69, 9.17) is 9.47 Å². The van der Waals surface area contributed by atoms with Gasteiger partial charge in [0.05, 0.1) is 31.9 Å². The van der Waals surface area contributed by atoms with Gasteiger partial charge in [-0.15, -0.1) is 0 Å². The summed E-state index contributed by atoms with van der Waals surface area (Å²) in [4.78, 5) is 17.2. The molecule has 0 aliphatic carbocycles. The Morgan fingerprint density at radius 1 is 1.14 bits per heavy atom. The standard InChI is InChI=1S/C22H29N3O3/c1-24(2)18-10-8-17(9-11-18)20(25-12-14-28-15-13-25)16-23-22(26)19-6-4-5-7-21(19)27-3/h4-11,20H,12-16H2,1-3H3,(H,23,26)/t20-/m0/s1. The van der Waals surface area contributed by atoms with Gasteiger partial charge in [-0.25, -0.2) is 0 Å². The van der Waals surface area contributed by atoms with E-state index in [1.807, 2.05) is 26.2 Å². The number of anilines is 1. The summed E-state index contributed by atoms with van der Waals surface area (Å²) in [6.45, 7) is 3.66. The number of para-hydroxylation sites is 1. The average Bonchev–Trinajstić information content (AvgIpc) is 2.74. The molecule has 1 aliphatic rings. The number of morpholine rings is 1. The fourth-order valence-electron chi connectivity index (χ4n) is 3.46. The van der Waals surface area contributed by atoms with Crippen molar-refractivity contribution in [2.45, 2.75) is 6.04 Å². The topological polar surface area (TPSA) is 54.0 Å². The largest absolute Gasteiger partial charge is 0.496 e. The molecule has 0 saturated carbocycles. The van der Waals surface area contributed by atoms with Crippen molar-refractivity contribution in [1.82, 2.24) is 10.2 Å². The van der Waals surface area contributed by atoms with Crippen molar-refractivity contribution in [3.05, 3.63) is 59.7 Å². The SMILES string of the molecule is COc1ccccc1C(=O)NC[C@@H](c1ccc(N(C)C)cc1)N1CCOCC1. The minimum Gasteiger partial charge on any atom is -0.496 e. The smallest absolute Gasteiger partial charge is 0.255 e. The first-order valence-corrected chi connectivity index (χ1v) is 9.60. The molecular weight excluding hydrogens is 354 g/mol. The van der Waals surface area contributed by atoms with Gasteiger partial charge in [-0.05, 0) is 29.8 Å². The number of nitrogens with one attached hydrogen (secondary N) is 1. The van der Waals surface area contributed by atoms with Gasteiger partial charge in [-0.3, -0.25) is 9.69 Å². The van der Waals surface area contributed by atoms with Gasteiger partial charge in [0, 0.05) is 39.4 Å². The molecule has 1 amide bonds. The van der Waals surface area contributed by atoms with Crippen LogP contribution in [0.5, 0.6) is 5.75 Å². The quantitative estimate of drug-likeness (QED) is 0.796. The predicted octanol–water partition coefficient (Wildman–Crippen LogP) is 2.56. The van der Waals surface area contributed by atoms with Crippen molar-refractivity contribution in [1.29, 1.82) is 0 Å². The summed E-state index contributed by atoms with van der Waals surface area (Å²) in [7, 11) is 5.64. The van der Waals surface area contributed by atoms with Gasteiger partial charge in [0.1, 0.15) is 5.75 Å². The maximum atomic E-state index is 12.7. The first-order valence-electron chi connectivity index (χ1n) is 9.60. The van der Waals surface area contributed by atoms with Crippen LogP contribution in [0.3, 0.4) is 0 Å². The lowest BCUT2D eigenvalue weighted by Gasteiger charge is -2.35. The Morgan fingerprint density at radius 3 is 2.46 bits per heavy atom. The normalized spacial score (nSPS) is 15.7. The van der Waals surface area contributed by atoms with E-state index in [2.05, 4.69) is 39.4 Å². The minimum atomic E-state index is -0.124. The Balaban J connectivity index is 1.76. The molecule has 0 spiro atoms. The van der Waals surface area contributed by atoms with Crippen LogP contribution in [0, 0.1) is 0 Å². The van der Waals surface area contributed by atoms with E-state index < -0.39 is 0 Å². The van der Waals surface area contributed by atoms with Crippen LogP contribution in [0.25, 0.3) is 0 Å². The lowest BCUT2D eigenvalue weighted by molar-refractivity contribution is 0.0162. The van der Waals surface area contributed by atoms with Gasteiger partial charge in [0.25, 0.3) is 5.91 Å². The third-order valence-electron chi connectivity index (χ3n) is 5.09. The zero-order valence-corrected chi connectivity index (χ0v) is 16.9. The second-order valence-electron chi connectivity index (χ2n) is 7.06. The summed E-state index contributed by atoms with van der Waals surface area (Å²) in [5, 5.41) is 3.10. The van der Waals surface area contributed by atoms with Gasteiger partial charge in [-0.1, -0.05) is 24.3 Å². The number of ether oxygens (including phenoxy) is 2. The number of methoxy groups -OCH3 is 1. The van der Waals surface area contributed by atoms with Crippen LogP contribution in [-0.2, 0) is 4.74 Å². The maximum absolute atomic E-state index is 12.7. The highest BCUT2D eigenvalue weighted by Crippen LogP contribution is 2.24. The second kappa shape index (κ2) is 9.57. The number of carbonyl (C=O) groups is 1. The highest BCUT2D eigenvalue weighted by Gasteiger charge is 2.24. The van der Waals surface area contributed by atoms with E-state index >= 15 is 0 Å². The summed E-state index contributed by atoms with van der Waals surface area (Å²) < 4.78 is 10.8. The predicted molar refractivity (Wildman–Crippen MR) is 111 cm³/mol. The van der Waals surface area contributed by atoms with Crippen molar-refractivity contribution in [2.75, 3.05) is 59.0 Å². The Bertz CT molecular complexity index is 771. The van der Waals surface area contributed by atoms with Crippen LogP contribution < -0.4 is 15.0 Å². The molecule has 2 aromatic carbocycles. The summed E-state index contributed by atoms with van der Waals surface area (Å²) in [6.07, 6.45) is 0. The van der Waals surface area contributed by atoms with E-state index in [0.717, 1.165) is 18.8 Å². The molecule has 0 unspecified atom stereocenters. The van der Waals surface area contributed by atoms with Crippen molar-refractivity contribution in [2.24, 2.45) is 0 Å². The first kappa shape index (κ1) is 20.2. The molecule has 6 heteroatoms. The van der Waals surface area contributed by atoms with Gasteiger partial charge >= 0.3 is 0 Å². The lowest BCUT2D eigenvalue weighted by Crippen LogP contribution is -2.43. The van der Waals surface area contributed by atoms with Gasteiger partial charge in [0.15, 0.2) is 0 Å². The van der Waals surface area contributed by atoms with Crippen LogP contribution >= 0.6 is 0 Å². The van der Waals surface area contributed by atoms with E-state index in [0.29, 0.717) is 31.1 Å². The molecule has 6 nitrogen and oxygen atoms in total. The Labute approximate surface area is 167 Å². The maximum Gasteiger partial charge on any atom is 0.255 e. The first-order chi connectivity index (χ1) is 13.6. The molecule has 3 rings (SSSR count). The van der Waals surface area contributed by atoms with Crippen LogP contribution in [0.4, 0.5) is 5.69 Å². The minimum absolute atomic E-state index is 0.0961. The van der Waals surface area contributed by atoms with Crippen LogP contribution in [0.2, 0.25) is 0 Å². The van der Waals surface area contributed by atoms with Crippen molar-refractivity contribution < 1.29 is 14.3 Å². The van der Waals surface area contributed by atoms with Gasteiger partial charge in [-0.2, -0.15) is 0 Å². The third-order valence-corrected chi connectivity index (χ3v) is 5.09. The zero-order valence-electron chi connectivity index (χ0n) is 16.9. The number of nitrogens with zero attached hydrogens (tertiary/aromatic N) is 2. The van der Waals surface area contributed by atoms with E-state index in [-0.39, 0.29) is 11.9 Å². The molecule has 1 atom stereocenters. The Morgan fingerprint density at radius 2 is 1.82 bits per heavy atom. The fraction of sp³-hybridized carbons (Fsp3) is 0.409. The summed E-state index contributed by atoms with van der Waals surface area (Å²) >= 11 is 0. The zero-order chi connectivity index (χ0) is 19.9. The molecule has 150 valence electrons. The van der Waals surface area contributed by atoms with Crippen LogP contribution in [0.15, 0.2) is 48.5 Å². The van der Waals surface area contributed by atoms with Crippen LogP contribution in [-0.4, -0.2) is 64.9 Å². The Hall–Kier alpha value is -2.57. The van der Waals surface area contributed by atoms with E-state index in [1.54, 1.807) is 19.2 Å². The molecule has 28 heavy (non-hydrogen) atoms. The summed E-state index contributed by atoms with van der Waals surface area (Å²) in [5.74, 6) is 0.457. The van der Waals surface area contributed by atoms with Crippen molar-refractivity contribution in [3.8, 4) is 5.75 Å². The number of benzene rings is 2. The number of hydrogen-bond acceptors (Lipinski definition) is 5. The molecule has 1 aliphatic heterocycles. The highest BCUT2D eigenvalue weighted by atomic mass is 16.5. The number of amides is 1. The van der Waals surface area contributed by atoms with Crippen LogP contribution in [0.1, 0.15) is 22.0 Å². The average molecular weight is 383 g/mol. The van der Waals surface area contributed by atoms with Crippen molar-refractivity contribution in [3.63, 3.8) is 0 Å². The number of hydrogen-bond donors (Lipinski definition) is 1. The van der Waals surface area contributed by atoms with Gasteiger partial charge < -0.3 is 19.7 Å². The molecule has 0 aromatic heterocycles. The van der Waals surface area contributed by atoms with Crippen molar-refractivity contribution >= 4 is 11.6 Å². The molecule has 2 aromatic rings. The molecule has 0 radical (unpaired) electrons. The van der Waals surface area contributed by atoms with E-state index in [9.17, 15) is 4.79 Å². The monoisotopic (exact) mass is 383 g/mol. The third kappa shape index (κ3) is 4.82. The number of carbonyl (C=O) groups excluding carboxylic acids is 1. The second-order valence-corrected chi connectivity index (χ2v) is 7.06. The fourth-order valence-corrected chi connectivity index (χ4v) is 3.46. The lowest BCUT2D eigenvalue weighted by atomic mass is 10.0. The summed E-state index contributed by atoms with van der Waals surface area (Å²) in [6, 6.07) is 15.9. The molecule has 0 bridgehead atoms. The highest BCUT2D eigenvalue weighted by molar-refractivity contribution is 5.96. The molecule has 1 N–H and O–H groups in total. The number of rotatable bonds is 7. The molecule has 1 fully saturated rings. The van der Waals surface area contributed by atoms with E-state index in [1.165, 1.54) is 5.56 Å².